The van der Waals surface area contributed by atoms with E-state index in [2.05, 4.69) is 86.8 Å². The summed E-state index contributed by atoms with van der Waals surface area (Å²) in [5, 5.41) is 9.23. The van der Waals surface area contributed by atoms with E-state index in [0.29, 0.717) is 12.8 Å². The van der Waals surface area contributed by atoms with E-state index in [4.69, 9.17) is 4.74 Å². The van der Waals surface area contributed by atoms with Crippen molar-refractivity contribution in [2.45, 2.75) is 174 Å². The van der Waals surface area contributed by atoms with Crippen molar-refractivity contribution >= 4 is 11.9 Å². The first-order valence-electron chi connectivity index (χ1n) is 18.4. The zero-order chi connectivity index (χ0) is 32.9. The molecule has 0 saturated heterocycles. The molecule has 1 N–H and O–H groups in total. The fraction of sp³-hybridized carbons (Fsp3) is 0.659. The van der Waals surface area contributed by atoms with Crippen LogP contribution in [-0.2, 0) is 14.3 Å². The minimum atomic E-state index is -0.899. The highest BCUT2D eigenvalue weighted by molar-refractivity contribution is 5.71. The lowest BCUT2D eigenvalue weighted by Crippen LogP contribution is -2.21. The molecule has 45 heavy (non-hydrogen) atoms. The van der Waals surface area contributed by atoms with Crippen LogP contribution in [0.25, 0.3) is 0 Å². The summed E-state index contributed by atoms with van der Waals surface area (Å²) in [6, 6.07) is 0. The van der Waals surface area contributed by atoms with Gasteiger partial charge in [0.05, 0.1) is 6.42 Å². The molecule has 0 aliphatic heterocycles. The van der Waals surface area contributed by atoms with E-state index in [1.165, 1.54) is 64.2 Å². The fourth-order valence-electron chi connectivity index (χ4n) is 5.03. The minimum absolute atomic E-state index is 0.0949. The predicted molar refractivity (Wildman–Crippen MR) is 195 cm³/mol. The van der Waals surface area contributed by atoms with Gasteiger partial charge in [-0.25, -0.2) is 0 Å². The highest BCUT2D eigenvalue weighted by atomic mass is 16.5. The summed E-state index contributed by atoms with van der Waals surface area (Å²) in [5.74, 6) is -1.16. The summed E-state index contributed by atoms with van der Waals surface area (Å²) in [5.41, 5.74) is 0. The zero-order valence-electron chi connectivity index (χ0n) is 29.1. The SMILES string of the molecule is CC/C=C\C/C=C\C/C=C\C/C=C\C/C=C\C/C=C\CCCCC(=O)OC(CCCCCCCCCCCCCC)CC(=O)O. The standard InChI is InChI=1S/C41H68O4/c1-3-5-7-9-11-13-15-17-18-19-20-21-22-23-24-25-27-29-31-33-35-37-41(44)45-39(38-40(42)43)36-34-32-30-28-26-16-14-12-10-8-6-4-2/h5,7,11,13,17-18,20-21,23-24,27,29,39H,3-4,6,8-10,12,14-16,19,22,25-26,28,30-38H2,1-2H3,(H,42,43)/b7-5-,13-11-,18-17-,21-20-,24-23-,29-27-. The van der Waals surface area contributed by atoms with Gasteiger partial charge in [-0.2, -0.15) is 0 Å². The van der Waals surface area contributed by atoms with Gasteiger partial charge in [0.15, 0.2) is 0 Å². The van der Waals surface area contributed by atoms with Crippen LogP contribution in [-0.4, -0.2) is 23.1 Å². The van der Waals surface area contributed by atoms with Gasteiger partial charge in [0.25, 0.3) is 0 Å². The van der Waals surface area contributed by atoms with Gasteiger partial charge < -0.3 is 9.84 Å². The number of allylic oxidation sites excluding steroid dienone is 12. The number of aliphatic carboxylic acids is 1. The van der Waals surface area contributed by atoms with E-state index < -0.39 is 12.1 Å². The fourth-order valence-corrected chi connectivity index (χ4v) is 5.03. The second-order valence-electron chi connectivity index (χ2n) is 12.0. The van der Waals surface area contributed by atoms with Crippen molar-refractivity contribution in [1.82, 2.24) is 0 Å². The quantitative estimate of drug-likeness (QED) is 0.0459. The van der Waals surface area contributed by atoms with E-state index in [0.717, 1.165) is 70.6 Å². The van der Waals surface area contributed by atoms with Gasteiger partial charge >= 0.3 is 11.9 Å². The number of carboxylic acids is 1. The molecule has 0 aliphatic carbocycles. The molecule has 0 spiro atoms. The first-order chi connectivity index (χ1) is 22.1. The Labute approximate surface area is 277 Å². The van der Waals surface area contributed by atoms with Crippen LogP contribution in [0.15, 0.2) is 72.9 Å². The van der Waals surface area contributed by atoms with Crippen LogP contribution in [0.2, 0.25) is 0 Å². The van der Waals surface area contributed by atoms with Crippen LogP contribution < -0.4 is 0 Å². The number of hydrogen-bond acceptors (Lipinski definition) is 3. The third-order valence-corrected chi connectivity index (χ3v) is 7.68. The van der Waals surface area contributed by atoms with E-state index in [-0.39, 0.29) is 12.4 Å². The molecule has 4 heteroatoms. The normalized spacial score (nSPS) is 13.1. The number of hydrogen-bond donors (Lipinski definition) is 1. The van der Waals surface area contributed by atoms with E-state index in [1.54, 1.807) is 0 Å². The number of carboxylic acid groups (broad SMARTS) is 1. The summed E-state index contributed by atoms with van der Waals surface area (Å²) >= 11 is 0. The Hall–Kier alpha value is -2.62. The molecule has 0 aromatic heterocycles. The first-order valence-corrected chi connectivity index (χ1v) is 18.4. The number of unbranched alkanes of at least 4 members (excludes halogenated alkanes) is 13. The zero-order valence-corrected chi connectivity index (χ0v) is 29.1. The third kappa shape index (κ3) is 35.7. The molecule has 0 aromatic carbocycles. The van der Waals surface area contributed by atoms with Crippen molar-refractivity contribution in [3.8, 4) is 0 Å². The van der Waals surface area contributed by atoms with Crippen LogP contribution >= 0.6 is 0 Å². The van der Waals surface area contributed by atoms with Crippen LogP contribution in [0.4, 0.5) is 0 Å². The van der Waals surface area contributed by atoms with Crippen LogP contribution in [0.3, 0.4) is 0 Å². The van der Waals surface area contributed by atoms with Gasteiger partial charge in [-0.15, -0.1) is 0 Å². The molecular weight excluding hydrogens is 556 g/mol. The Morgan fingerprint density at radius 3 is 1.40 bits per heavy atom. The maximum Gasteiger partial charge on any atom is 0.307 e. The van der Waals surface area contributed by atoms with Gasteiger partial charge in [-0.1, -0.05) is 157 Å². The summed E-state index contributed by atoms with van der Waals surface area (Å²) < 4.78 is 5.54. The smallest absolute Gasteiger partial charge is 0.307 e. The number of carbonyl (C=O) groups excluding carboxylic acids is 1. The second-order valence-corrected chi connectivity index (χ2v) is 12.0. The molecule has 1 unspecified atom stereocenters. The van der Waals surface area contributed by atoms with Gasteiger partial charge in [-0.3, -0.25) is 9.59 Å². The first kappa shape index (κ1) is 42.4. The lowest BCUT2D eigenvalue weighted by molar-refractivity contribution is -0.153. The Morgan fingerprint density at radius 1 is 0.533 bits per heavy atom. The topological polar surface area (TPSA) is 63.6 Å². The molecule has 0 aliphatic rings. The largest absolute Gasteiger partial charge is 0.481 e. The molecule has 1 atom stereocenters. The number of carbonyl (C=O) groups is 2. The lowest BCUT2D eigenvalue weighted by Gasteiger charge is -2.16. The summed E-state index contributed by atoms with van der Waals surface area (Å²) in [6.07, 6.45) is 50.6. The molecule has 4 nitrogen and oxygen atoms in total. The van der Waals surface area contributed by atoms with Crippen molar-refractivity contribution in [3.05, 3.63) is 72.9 Å². The van der Waals surface area contributed by atoms with E-state index in [1.807, 2.05) is 0 Å². The molecule has 0 bridgehead atoms. The minimum Gasteiger partial charge on any atom is -0.481 e. The molecule has 256 valence electrons. The molecule has 0 aromatic rings. The molecule has 0 radical (unpaired) electrons. The number of rotatable bonds is 32. The molecule has 0 saturated carbocycles. The van der Waals surface area contributed by atoms with Crippen molar-refractivity contribution in [2.75, 3.05) is 0 Å². The second kappa shape index (κ2) is 35.9. The molecular formula is C41H68O4. The number of esters is 1. The molecule has 0 fully saturated rings. The van der Waals surface area contributed by atoms with Gasteiger partial charge in [0.1, 0.15) is 6.10 Å². The summed E-state index contributed by atoms with van der Waals surface area (Å²) in [6.45, 7) is 4.41. The lowest BCUT2D eigenvalue weighted by atomic mass is 10.0. The molecule has 0 heterocycles. The highest BCUT2D eigenvalue weighted by Crippen LogP contribution is 2.16. The maximum atomic E-state index is 12.3. The Balaban J connectivity index is 3.81. The summed E-state index contributed by atoms with van der Waals surface area (Å²) in [7, 11) is 0. The van der Waals surface area contributed by atoms with E-state index >= 15 is 0 Å². The Bertz CT molecular complexity index is 846. The van der Waals surface area contributed by atoms with Crippen LogP contribution in [0, 0.1) is 0 Å². The maximum absolute atomic E-state index is 12.3. The Morgan fingerprint density at radius 2 is 0.956 bits per heavy atom. The van der Waals surface area contributed by atoms with Gasteiger partial charge in [-0.05, 0) is 70.6 Å². The molecule has 0 rings (SSSR count). The van der Waals surface area contributed by atoms with Crippen molar-refractivity contribution in [2.24, 2.45) is 0 Å². The molecule has 0 amide bonds. The third-order valence-electron chi connectivity index (χ3n) is 7.68. The average Bonchev–Trinajstić information content (AvgIpc) is 3.02. The van der Waals surface area contributed by atoms with E-state index in [9.17, 15) is 14.7 Å². The van der Waals surface area contributed by atoms with Crippen LogP contribution in [0.1, 0.15) is 168 Å². The highest BCUT2D eigenvalue weighted by Gasteiger charge is 2.17. The average molecular weight is 625 g/mol. The summed E-state index contributed by atoms with van der Waals surface area (Å²) in [4.78, 5) is 23.6. The van der Waals surface area contributed by atoms with Crippen molar-refractivity contribution < 1.29 is 19.4 Å². The Kier molecular flexibility index (Phi) is 33.8. The van der Waals surface area contributed by atoms with Crippen molar-refractivity contribution in [1.29, 1.82) is 0 Å². The number of ether oxygens (including phenoxy) is 1. The van der Waals surface area contributed by atoms with Gasteiger partial charge in [0, 0.05) is 6.42 Å². The van der Waals surface area contributed by atoms with Crippen LogP contribution in [0.5, 0.6) is 0 Å². The van der Waals surface area contributed by atoms with Crippen molar-refractivity contribution in [3.63, 3.8) is 0 Å². The van der Waals surface area contributed by atoms with Gasteiger partial charge in [0.2, 0.25) is 0 Å². The predicted octanol–water partition coefficient (Wildman–Crippen LogP) is 12.7. The monoisotopic (exact) mass is 625 g/mol.